The Morgan fingerprint density at radius 1 is 1.17 bits per heavy atom. The van der Waals surface area contributed by atoms with Crippen molar-refractivity contribution < 1.29 is 13.2 Å². The number of nitrogens with two attached hydrogens (primary N) is 1. The number of sulfone groups is 1. The lowest BCUT2D eigenvalue weighted by atomic mass is 9.75. The highest BCUT2D eigenvalue weighted by Crippen LogP contribution is 2.41. The van der Waals surface area contributed by atoms with Crippen molar-refractivity contribution in [1.82, 2.24) is 14.5 Å². The van der Waals surface area contributed by atoms with Crippen molar-refractivity contribution >= 4 is 37.6 Å². The first-order chi connectivity index (χ1) is 14.3. The van der Waals surface area contributed by atoms with Gasteiger partial charge in [-0.25, -0.2) is 18.4 Å². The van der Waals surface area contributed by atoms with Crippen LogP contribution in [0.3, 0.4) is 0 Å². The molecule has 0 saturated heterocycles. The molecule has 30 heavy (non-hydrogen) atoms. The van der Waals surface area contributed by atoms with E-state index in [4.69, 9.17) is 15.5 Å². The fourth-order valence-corrected chi connectivity index (χ4v) is 6.41. The first kappa shape index (κ1) is 21.1. The molecule has 2 N–H and O–H groups in total. The molecule has 1 fully saturated rings. The molecule has 4 rings (SSSR count). The van der Waals surface area contributed by atoms with Gasteiger partial charge in [0.05, 0.1) is 16.8 Å². The van der Waals surface area contributed by atoms with Crippen LogP contribution in [0.4, 0.5) is 5.82 Å². The van der Waals surface area contributed by atoms with Gasteiger partial charge in [-0.2, -0.15) is 0 Å². The third kappa shape index (κ3) is 4.16. The number of aromatic nitrogens is 3. The Bertz CT molecular complexity index is 1160. The van der Waals surface area contributed by atoms with Gasteiger partial charge >= 0.3 is 0 Å². The van der Waals surface area contributed by atoms with Gasteiger partial charge < -0.3 is 15.0 Å². The van der Waals surface area contributed by atoms with Crippen molar-refractivity contribution in [2.75, 3.05) is 24.3 Å². The van der Waals surface area contributed by atoms with E-state index in [1.165, 1.54) is 6.26 Å². The van der Waals surface area contributed by atoms with Crippen LogP contribution in [0.15, 0.2) is 24.3 Å². The van der Waals surface area contributed by atoms with E-state index < -0.39 is 9.84 Å². The molecule has 0 atom stereocenters. The summed E-state index contributed by atoms with van der Waals surface area (Å²) in [6.45, 7) is 3.47. The number of fused-ring (bicyclic) bond motifs is 3. The van der Waals surface area contributed by atoms with Gasteiger partial charge in [0.2, 0.25) is 0 Å². The van der Waals surface area contributed by atoms with Crippen molar-refractivity contribution in [3.05, 3.63) is 30.1 Å². The number of anilines is 1. The van der Waals surface area contributed by atoms with Gasteiger partial charge in [0, 0.05) is 30.2 Å². The Morgan fingerprint density at radius 3 is 2.60 bits per heavy atom. The molecule has 0 radical (unpaired) electrons. The Labute approximate surface area is 177 Å². The molecule has 1 saturated carbocycles. The van der Waals surface area contributed by atoms with E-state index in [9.17, 15) is 8.42 Å². The Morgan fingerprint density at radius 2 is 1.90 bits per heavy atom. The number of hydrogen-bond donors (Lipinski definition) is 1. The number of rotatable bonds is 7. The van der Waals surface area contributed by atoms with Crippen molar-refractivity contribution in [2.24, 2.45) is 5.41 Å². The van der Waals surface area contributed by atoms with Crippen LogP contribution < -0.4 is 5.73 Å². The first-order valence-corrected chi connectivity index (χ1v) is 12.7. The maximum atomic E-state index is 12.3. The average molecular weight is 431 g/mol. The number of nitrogen functional groups attached to an aromatic ring is 1. The summed E-state index contributed by atoms with van der Waals surface area (Å²) in [6, 6.07) is 7.88. The molecule has 1 aliphatic carbocycles. The first-order valence-electron chi connectivity index (χ1n) is 10.6. The van der Waals surface area contributed by atoms with Crippen LogP contribution in [0.1, 0.15) is 44.9 Å². The minimum Gasteiger partial charge on any atom is -0.382 e. The summed E-state index contributed by atoms with van der Waals surface area (Å²) in [5.41, 5.74) is 8.37. The summed E-state index contributed by atoms with van der Waals surface area (Å²) in [5.74, 6) is 1.35. The van der Waals surface area contributed by atoms with Gasteiger partial charge in [-0.05, 0) is 25.8 Å². The predicted molar refractivity (Wildman–Crippen MR) is 120 cm³/mol. The molecular formula is C22H30N4O3S. The van der Waals surface area contributed by atoms with Crippen LogP contribution in [0.2, 0.25) is 0 Å². The largest absolute Gasteiger partial charge is 0.382 e. The predicted octanol–water partition coefficient (Wildman–Crippen LogP) is 3.70. The Balaban J connectivity index is 1.92. The minimum absolute atomic E-state index is 0.187. The van der Waals surface area contributed by atoms with E-state index in [1.807, 2.05) is 31.2 Å². The summed E-state index contributed by atoms with van der Waals surface area (Å²) in [6.07, 6.45) is 6.38. The molecule has 2 aromatic heterocycles. The van der Waals surface area contributed by atoms with Gasteiger partial charge in [-0.3, -0.25) is 0 Å². The van der Waals surface area contributed by atoms with E-state index in [0.29, 0.717) is 31.1 Å². The Hall–Kier alpha value is -2.19. The van der Waals surface area contributed by atoms with Crippen molar-refractivity contribution in [2.45, 2.75) is 52.2 Å². The second kappa shape index (κ2) is 8.15. The summed E-state index contributed by atoms with van der Waals surface area (Å²) < 4.78 is 32.5. The number of imidazole rings is 1. The fourth-order valence-electron chi connectivity index (χ4n) is 4.92. The van der Waals surface area contributed by atoms with Gasteiger partial charge in [-0.15, -0.1) is 0 Å². The van der Waals surface area contributed by atoms with Crippen molar-refractivity contribution in [1.29, 1.82) is 0 Å². The molecular weight excluding hydrogens is 400 g/mol. The zero-order valence-corrected chi connectivity index (χ0v) is 18.5. The summed E-state index contributed by atoms with van der Waals surface area (Å²) >= 11 is 0. The van der Waals surface area contributed by atoms with E-state index >= 15 is 0 Å². The van der Waals surface area contributed by atoms with Crippen molar-refractivity contribution in [3.8, 4) is 0 Å². The quantitative estimate of drug-likeness (QED) is 0.613. The molecule has 0 aliphatic heterocycles. The topological polar surface area (TPSA) is 100 Å². The third-order valence-corrected chi connectivity index (χ3v) is 7.24. The average Bonchev–Trinajstić information content (AvgIpc) is 3.04. The highest BCUT2D eigenvalue weighted by molar-refractivity contribution is 7.90. The molecule has 0 spiro atoms. The number of ether oxygens (including phenoxy) is 1. The van der Waals surface area contributed by atoms with E-state index in [-0.39, 0.29) is 11.2 Å². The summed E-state index contributed by atoms with van der Waals surface area (Å²) in [7, 11) is -3.12. The second-order valence-corrected chi connectivity index (χ2v) is 10.7. The monoisotopic (exact) mass is 430 g/mol. The zero-order chi connectivity index (χ0) is 21.4. The van der Waals surface area contributed by atoms with Gasteiger partial charge in [0.15, 0.2) is 5.82 Å². The second-order valence-electron chi connectivity index (χ2n) is 8.59. The Kier molecular flexibility index (Phi) is 5.72. The number of benzene rings is 1. The molecule has 162 valence electrons. The van der Waals surface area contributed by atoms with E-state index in [2.05, 4.69) is 9.55 Å². The van der Waals surface area contributed by atoms with Gasteiger partial charge in [0.25, 0.3) is 0 Å². The standard InChI is InChI=1S/C22H30N4O3S/c1-3-29-13-18-25-19-20(16-9-5-6-10-17(16)24-21(19)23)26(18)14-22(15-30(2,27)28)11-7-4-8-12-22/h5-6,9-10H,3-4,7-8,11-15H2,1-2H3,(H2,23,24). The lowest BCUT2D eigenvalue weighted by Gasteiger charge is -2.37. The summed E-state index contributed by atoms with van der Waals surface area (Å²) in [4.78, 5) is 9.32. The molecule has 7 nitrogen and oxygen atoms in total. The highest BCUT2D eigenvalue weighted by Gasteiger charge is 2.37. The number of pyridine rings is 1. The lowest BCUT2D eigenvalue weighted by Crippen LogP contribution is -2.36. The van der Waals surface area contributed by atoms with Crippen LogP contribution >= 0.6 is 0 Å². The molecule has 3 aromatic rings. The van der Waals surface area contributed by atoms with Gasteiger partial charge in [0.1, 0.15) is 27.8 Å². The third-order valence-electron chi connectivity index (χ3n) is 6.10. The number of nitrogens with zero attached hydrogens (tertiary/aromatic N) is 3. The zero-order valence-electron chi connectivity index (χ0n) is 17.7. The van der Waals surface area contributed by atoms with Crippen LogP contribution in [0, 0.1) is 5.41 Å². The molecule has 0 amide bonds. The lowest BCUT2D eigenvalue weighted by molar-refractivity contribution is 0.120. The smallest absolute Gasteiger partial charge is 0.152 e. The molecule has 1 aliphatic rings. The highest BCUT2D eigenvalue weighted by atomic mass is 32.2. The molecule has 1 aromatic carbocycles. The van der Waals surface area contributed by atoms with E-state index in [1.54, 1.807) is 0 Å². The normalized spacial score (nSPS) is 17.0. The fraction of sp³-hybridized carbons (Fsp3) is 0.545. The molecule has 0 unspecified atom stereocenters. The van der Waals surface area contributed by atoms with Crippen LogP contribution in [0.5, 0.6) is 0 Å². The van der Waals surface area contributed by atoms with Crippen LogP contribution in [0.25, 0.3) is 21.9 Å². The maximum absolute atomic E-state index is 12.3. The van der Waals surface area contributed by atoms with Crippen molar-refractivity contribution in [3.63, 3.8) is 0 Å². The van der Waals surface area contributed by atoms with E-state index in [0.717, 1.165) is 54.3 Å². The summed E-state index contributed by atoms with van der Waals surface area (Å²) in [5, 5.41) is 0.974. The van der Waals surface area contributed by atoms with Crippen LogP contribution in [-0.2, 0) is 27.7 Å². The molecule has 2 heterocycles. The molecule has 8 heteroatoms. The SMILES string of the molecule is CCOCc1nc2c(N)nc3ccccc3c2n1CC1(CS(C)(=O)=O)CCCCC1. The molecule has 0 bridgehead atoms. The van der Waals surface area contributed by atoms with Crippen LogP contribution in [-0.4, -0.2) is 41.6 Å². The number of hydrogen-bond acceptors (Lipinski definition) is 6. The van der Waals surface area contributed by atoms with Gasteiger partial charge in [-0.1, -0.05) is 37.5 Å². The maximum Gasteiger partial charge on any atom is 0.152 e. The minimum atomic E-state index is -3.12. The number of para-hydroxylation sites is 1.